The maximum Gasteiger partial charge on any atom is 0.254 e. The van der Waals surface area contributed by atoms with E-state index in [2.05, 4.69) is 30.0 Å². The number of thiophene rings is 1. The summed E-state index contributed by atoms with van der Waals surface area (Å²) in [6.07, 6.45) is 6.36. The van der Waals surface area contributed by atoms with Crippen molar-refractivity contribution in [3.05, 3.63) is 45.8 Å². The van der Waals surface area contributed by atoms with E-state index in [9.17, 15) is 14.1 Å². The highest BCUT2D eigenvalue weighted by Gasteiger charge is 2.35. The van der Waals surface area contributed by atoms with Gasteiger partial charge in [-0.05, 0) is 75.5 Å². The largest absolute Gasteiger partial charge is 0.546 e. The number of aryl methyl sites for hydroxylation is 2. The highest BCUT2D eigenvalue weighted by Crippen LogP contribution is 2.41. The molecule has 3 aliphatic carbocycles. The number of amides is 2. The summed E-state index contributed by atoms with van der Waals surface area (Å²) in [6.45, 7) is 2.69. The molecule has 11 heteroatoms. The Morgan fingerprint density at radius 3 is 2.57 bits per heavy atom. The number of carbonyl (C=O) groups is 2. The Labute approximate surface area is 222 Å². The molecule has 3 aliphatic rings. The summed E-state index contributed by atoms with van der Waals surface area (Å²) in [5.74, 6) is 1.44. The number of anilines is 4. The van der Waals surface area contributed by atoms with E-state index in [0.717, 1.165) is 60.2 Å². The van der Waals surface area contributed by atoms with E-state index >= 15 is 0 Å². The maximum absolute atomic E-state index is 13.3. The van der Waals surface area contributed by atoms with Gasteiger partial charge in [0.1, 0.15) is 5.00 Å². The van der Waals surface area contributed by atoms with Crippen molar-refractivity contribution >= 4 is 56.6 Å². The van der Waals surface area contributed by atoms with Crippen LogP contribution in [0.15, 0.2) is 24.3 Å². The molecular formula is C26H30N6O3S2. The molecule has 2 heterocycles. The molecule has 2 aromatic heterocycles. The second kappa shape index (κ2) is 10.0. The average molecular weight is 539 g/mol. The first kappa shape index (κ1) is 24.3. The molecule has 0 spiro atoms. The van der Waals surface area contributed by atoms with Crippen LogP contribution in [-0.2, 0) is 17.6 Å². The van der Waals surface area contributed by atoms with Crippen LogP contribution in [0.1, 0.15) is 58.5 Å². The fourth-order valence-corrected chi connectivity index (χ4v) is 6.52. The summed E-state index contributed by atoms with van der Waals surface area (Å²) in [5.41, 5.74) is 3.57. The average Bonchev–Trinajstić information content (AvgIpc) is 3.80. The molecule has 1 aromatic carbocycles. The van der Waals surface area contributed by atoms with Crippen LogP contribution in [0.4, 0.5) is 22.3 Å². The van der Waals surface area contributed by atoms with Crippen LogP contribution in [0.2, 0.25) is 0 Å². The number of fused-ring (bicyclic) bond motifs is 1. The molecule has 4 N–H and O–H groups in total. The van der Waals surface area contributed by atoms with Gasteiger partial charge >= 0.3 is 0 Å². The molecule has 9 nitrogen and oxygen atoms in total. The highest BCUT2D eigenvalue weighted by molar-refractivity contribution is 7.17. The number of benzene rings is 1. The monoisotopic (exact) mass is 538 g/mol. The molecule has 2 amide bonds. The summed E-state index contributed by atoms with van der Waals surface area (Å²) < 4.78 is 20.5. The zero-order chi connectivity index (χ0) is 25.5. The zero-order valence-corrected chi connectivity index (χ0v) is 22.3. The van der Waals surface area contributed by atoms with E-state index in [0.29, 0.717) is 41.1 Å². The van der Waals surface area contributed by atoms with Crippen molar-refractivity contribution in [2.45, 2.75) is 57.9 Å². The third kappa shape index (κ3) is 5.63. The summed E-state index contributed by atoms with van der Waals surface area (Å²) in [4.78, 5) is 27.0. The SMILES string of the molecule is Cc1ccc(Nc2n[s+]([O-])nc2NC2CCc3sc(NC(=O)C4CC4)c(C(=O)NCC4CC4)c3C2)cc1. The lowest BCUT2D eigenvalue weighted by Crippen LogP contribution is -2.31. The van der Waals surface area contributed by atoms with Gasteiger partial charge in [0.2, 0.25) is 17.5 Å². The summed E-state index contributed by atoms with van der Waals surface area (Å²) in [6, 6.07) is 7.86. The summed E-state index contributed by atoms with van der Waals surface area (Å²) in [5, 5.41) is 13.4. The minimum atomic E-state index is -1.68. The fraction of sp³-hybridized carbons (Fsp3) is 0.462. The van der Waals surface area contributed by atoms with Gasteiger partial charge in [-0.1, -0.05) is 17.7 Å². The van der Waals surface area contributed by atoms with Gasteiger partial charge in [0.05, 0.1) is 5.56 Å². The molecule has 0 saturated heterocycles. The number of carbonyl (C=O) groups excluding carboxylic acids is 2. The van der Waals surface area contributed by atoms with E-state index in [-0.39, 0.29) is 23.8 Å². The topological polar surface area (TPSA) is 131 Å². The molecule has 0 bridgehead atoms. The fourth-order valence-electron chi connectivity index (χ4n) is 4.65. The number of nitrogens with zero attached hydrogens (tertiary/aromatic N) is 2. The van der Waals surface area contributed by atoms with Crippen molar-refractivity contribution in [1.82, 2.24) is 14.1 Å². The quantitative estimate of drug-likeness (QED) is 0.289. The van der Waals surface area contributed by atoms with Gasteiger partial charge in [0, 0.05) is 37.8 Å². The lowest BCUT2D eigenvalue weighted by molar-refractivity contribution is -0.117. The van der Waals surface area contributed by atoms with Crippen LogP contribution in [0, 0.1) is 18.8 Å². The minimum Gasteiger partial charge on any atom is -0.546 e. The molecule has 194 valence electrons. The van der Waals surface area contributed by atoms with E-state index in [4.69, 9.17) is 0 Å². The first-order valence-electron chi connectivity index (χ1n) is 12.9. The Balaban J connectivity index is 1.21. The smallest absolute Gasteiger partial charge is 0.254 e. The zero-order valence-electron chi connectivity index (χ0n) is 20.6. The van der Waals surface area contributed by atoms with Crippen LogP contribution in [-0.4, -0.2) is 37.7 Å². The first-order valence-corrected chi connectivity index (χ1v) is 14.7. The summed E-state index contributed by atoms with van der Waals surface area (Å²) in [7, 11) is 0. The second-order valence-electron chi connectivity index (χ2n) is 10.3. The normalized spacial score (nSPS) is 19.2. The van der Waals surface area contributed by atoms with E-state index in [1.165, 1.54) is 11.3 Å². The predicted octanol–water partition coefficient (Wildman–Crippen LogP) is 4.78. The van der Waals surface area contributed by atoms with Crippen LogP contribution < -0.4 is 21.3 Å². The van der Waals surface area contributed by atoms with E-state index < -0.39 is 11.1 Å². The Bertz CT molecular complexity index is 1330. The number of aromatic nitrogens is 2. The lowest BCUT2D eigenvalue weighted by atomic mass is 9.91. The predicted molar refractivity (Wildman–Crippen MR) is 145 cm³/mol. The van der Waals surface area contributed by atoms with Crippen molar-refractivity contribution in [2.75, 3.05) is 22.5 Å². The van der Waals surface area contributed by atoms with Gasteiger partial charge in [-0.3, -0.25) is 9.59 Å². The van der Waals surface area contributed by atoms with Crippen molar-refractivity contribution in [3.63, 3.8) is 0 Å². The third-order valence-electron chi connectivity index (χ3n) is 7.14. The molecule has 2 fully saturated rings. The standard InChI is InChI=1S/C26H30N6O3S2/c1-14-2-8-17(9-3-14)28-22-23(32-37(35)31-22)29-18-10-11-20-19(12-18)21(25(34)27-13-15-4-5-15)26(36-20)30-24(33)16-6-7-16/h2-3,8-9,15-16,18H,4-7,10-13H2,1H3,(H,27,34)(H,28,31)(H,29,32)(H,30,33). The number of hydrogen-bond donors (Lipinski definition) is 4. The second-order valence-corrected chi connectivity index (χ2v) is 12.2. The van der Waals surface area contributed by atoms with Crippen molar-refractivity contribution in [2.24, 2.45) is 11.8 Å². The van der Waals surface area contributed by atoms with E-state index in [1.807, 2.05) is 31.2 Å². The van der Waals surface area contributed by atoms with Crippen LogP contribution >= 0.6 is 22.5 Å². The van der Waals surface area contributed by atoms with Crippen molar-refractivity contribution in [3.8, 4) is 0 Å². The Kier molecular flexibility index (Phi) is 6.60. The Hall–Kier alpha value is -3.02. The Morgan fingerprint density at radius 2 is 1.84 bits per heavy atom. The van der Waals surface area contributed by atoms with Gasteiger partial charge in [0.15, 0.2) is 11.1 Å². The van der Waals surface area contributed by atoms with Gasteiger partial charge in [-0.25, -0.2) is 0 Å². The highest BCUT2D eigenvalue weighted by atomic mass is 32.2. The molecule has 0 radical (unpaired) electrons. The van der Waals surface area contributed by atoms with Crippen LogP contribution in [0.25, 0.3) is 0 Å². The minimum absolute atomic E-state index is 0.00957. The molecule has 3 aromatic rings. The number of nitrogens with one attached hydrogen (secondary N) is 4. The molecule has 2 unspecified atom stereocenters. The van der Waals surface area contributed by atoms with Crippen LogP contribution in [0.3, 0.4) is 0 Å². The van der Waals surface area contributed by atoms with Gasteiger partial charge in [-0.2, -0.15) is 0 Å². The number of rotatable bonds is 9. The van der Waals surface area contributed by atoms with Gasteiger partial charge < -0.3 is 25.8 Å². The third-order valence-corrected chi connectivity index (χ3v) is 9.02. The summed E-state index contributed by atoms with van der Waals surface area (Å²) >= 11 is -0.157. The first-order chi connectivity index (χ1) is 17.9. The van der Waals surface area contributed by atoms with Crippen molar-refractivity contribution in [1.29, 1.82) is 0 Å². The van der Waals surface area contributed by atoms with E-state index in [1.54, 1.807) is 0 Å². The molecule has 0 aliphatic heterocycles. The Morgan fingerprint density at radius 1 is 1.08 bits per heavy atom. The molecular weight excluding hydrogens is 508 g/mol. The van der Waals surface area contributed by atoms with Gasteiger partial charge in [0.25, 0.3) is 5.91 Å². The van der Waals surface area contributed by atoms with Gasteiger partial charge in [-0.15, -0.1) is 11.3 Å². The molecule has 6 rings (SSSR count). The number of hydrogen-bond acceptors (Lipinski definition) is 8. The molecule has 2 saturated carbocycles. The molecule has 2 atom stereocenters. The lowest BCUT2D eigenvalue weighted by Gasteiger charge is -2.24. The maximum atomic E-state index is 13.3. The molecule has 37 heavy (non-hydrogen) atoms. The van der Waals surface area contributed by atoms with Crippen molar-refractivity contribution < 1.29 is 14.1 Å². The van der Waals surface area contributed by atoms with Crippen LogP contribution in [0.5, 0.6) is 0 Å².